The molecule has 0 radical (unpaired) electrons. The molecule has 2 rings (SSSR count). The van der Waals surface area contributed by atoms with Crippen LogP contribution in [0.25, 0.3) is 11.1 Å². The summed E-state index contributed by atoms with van der Waals surface area (Å²) in [5.41, 5.74) is 1.74. The van der Waals surface area contributed by atoms with Crippen LogP contribution in [0.2, 0.25) is 0 Å². The zero-order chi connectivity index (χ0) is 11.5. The van der Waals surface area contributed by atoms with E-state index in [1.54, 1.807) is 0 Å². The van der Waals surface area contributed by atoms with Gasteiger partial charge in [0.1, 0.15) is 5.52 Å². The number of para-hydroxylation sites is 2. The number of aromatic nitrogens is 1. The highest BCUT2D eigenvalue weighted by Gasteiger charge is 2.13. The van der Waals surface area contributed by atoms with Gasteiger partial charge in [-0.1, -0.05) is 32.9 Å². The third-order valence-electron chi connectivity index (χ3n) is 2.85. The Kier molecular flexibility index (Phi) is 3.13. The summed E-state index contributed by atoms with van der Waals surface area (Å²) in [5.74, 6) is 0.569. The smallest absolute Gasteiger partial charge is 0.295 e. The van der Waals surface area contributed by atoms with Gasteiger partial charge in [-0.2, -0.15) is 4.98 Å². The molecule has 0 saturated carbocycles. The van der Waals surface area contributed by atoms with Crippen LogP contribution in [0.15, 0.2) is 28.7 Å². The minimum Gasteiger partial charge on any atom is -0.424 e. The Bertz CT molecular complexity index is 429. The van der Waals surface area contributed by atoms with Gasteiger partial charge in [0.05, 0.1) is 0 Å². The van der Waals surface area contributed by atoms with Gasteiger partial charge in [0.25, 0.3) is 6.01 Å². The summed E-state index contributed by atoms with van der Waals surface area (Å²) in [6, 6.07) is 8.85. The van der Waals surface area contributed by atoms with Crippen molar-refractivity contribution < 1.29 is 4.42 Å². The average molecular weight is 218 g/mol. The average Bonchev–Trinajstić information content (AvgIpc) is 2.67. The third kappa shape index (κ3) is 2.18. The molecule has 16 heavy (non-hydrogen) atoms. The van der Waals surface area contributed by atoms with Crippen molar-refractivity contribution in [2.75, 3.05) is 5.32 Å². The van der Waals surface area contributed by atoms with Crippen molar-refractivity contribution in [3.05, 3.63) is 24.3 Å². The van der Waals surface area contributed by atoms with Crippen LogP contribution in [0.3, 0.4) is 0 Å². The van der Waals surface area contributed by atoms with E-state index in [0.29, 0.717) is 18.0 Å². The summed E-state index contributed by atoms with van der Waals surface area (Å²) < 4.78 is 5.63. The second-order valence-corrected chi connectivity index (χ2v) is 4.39. The van der Waals surface area contributed by atoms with Crippen LogP contribution < -0.4 is 5.32 Å². The molecule has 1 aromatic carbocycles. The Balaban J connectivity index is 2.20. The number of nitrogens with one attached hydrogen (secondary N) is 1. The minimum atomic E-state index is 0.410. The third-order valence-corrected chi connectivity index (χ3v) is 2.85. The molecule has 1 atom stereocenters. The standard InChI is InChI=1S/C13H18N2O/c1-4-10(9(2)3)14-13-15-11-7-5-6-8-12(11)16-13/h5-10H,4H2,1-3H3,(H,14,15). The Morgan fingerprint density at radius 1 is 1.31 bits per heavy atom. The van der Waals surface area contributed by atoms with Crippen LogP contribution >= 0.6 is 0 Å². The van der Waals surface area contributed by atoms with Gasteiger partial charge in [0.2, 0.25) is 0 Å². The maximum Gasteiger partial charge on any atom is 0.295 e. The van der Waals surface area contributed by atoms with E-state index in [2.05, 4.69) is 31.1 Å². The van der Waals surface area contributed by atoms with Crippen LogP contribution in [0.1, 0.15) is 27.2 Å². The molecule has 0 bridgehead atoms. The van der Waals surface area contributed by atoms with E-state index in [1.807, 2.05) is 24.3 Å². The summed E-state index contributed by atoms with van der Waals surface area (Å²) in [6.45, 7) is 6.56. The fourth-order valence-corrected chi connectivity index (χ4v) is 1.83. The van der Waals surface area contributed by atoms with Crippen molar-refractivity contribution in [2.24, 2.45) is 5.92 Å². The van der Waals surface area contributed by atoms with Crippen LogP contribution in [0.4, 0.5) is 6.01 Å². The molecule has 0 aliphatic rings. The van der Waals surface area contributed by atoms with E-state index in [9.17, 15) is 0 Å². The maximum atomic E-state index is 5.63. The van der Waals surface area contributed by atoms with Crippen molar-refractivity contribution in [1.82, 2.24) is 4.98 Å². The van der Waals surface area contributed by atoms with Crippen LogP contribution in [0.5, 0.6) is 0 Å². The molecule has 1 heterocycles. The molecule has 0 amide bonds. The highest BCUT2D eigenvalue weighted by molar-refractivity contribution is 5.74. The van der Waals surface area contributed by atoms with Crippen molar-refractivity contribution in [3.63, 3.8) is 0 Å². The summed E-state index contributed by atoms with van der Waals surface area (Å²) in [7, 11) is 0. The summed E-state index contributed by atoms with van der Waals surface area (Å²) in [6.07, 6.45) is 1.07. The fraction of sp³-hybridized carbons (Fsp3) is 0.462. The lowest BCUT2D eigenvalue weighted by molar-refractivity contribution is 0.489. The van der Waals surface area contributed by atoms with E-state index in [-0.39, 0.29) is 0 Å². The number of hydrogen-bond acceptors (Lipinski definition) is 3. The zero-order valence-electron chi connectivity index (χ0n) is 10.0. The van der Waals surface area contributed by atoms with Gasteiger partial charge < -0.3 is 9.73 Å². The normalized spacial score (nSPS) is 13.2. The lowest BCUT2D eigenvalue weighted by Gasteiger charge is -2.18. The summed E-state index contributed by atoms with van der Waals surface area (Å²) in [4.78, 5) is 4.41. The second-order valence-electron chi connectivity index (χ2n) is 4.39. The molecular weight excluding hydrogens is 200 g/mol. The molecule has 0 saturated heterocycles. The minimum absolute atomic E-state index is 0.410. The van der Waals surface area contributed by atoms with Gasteiger partial charge in [-0.15, -0.1) is 0 Å². The molecule has 1 unspecified atom stereocenters. The molecule has 2 aromatic rings. The quantitative estimate of drug-likeness (QED) is 0.850. The lowest BCUT2D eigenvalue weighted by Crippen LogP contribution is -2.24. The van der Waals surface area contributed by atoms with Gasteiger partial charge in [-0.3, -0.25) is 0 Å². The van der Waals surface area contributed by atoms with Gasteiger partial charge in [-0.05, 0) is 24.5 Å². The van der Waals surface area contributed by atoms with Crippen LogP contribution in [0, 0.1) is 5.92 Å². The topological polar surface area (TPSA) is 38.1 Å². The lowest BCUT2D eigenvalue weighted by atomic mass is 10.0. The zero-order valence-corrected chi connectivity index (χ0v) is 10.0. The predicted molar refractivity (Wildman–Crippen MR) is 66.5 cm³/mol. The first kappa shape index (κ1) is 11.0. The van der Waals surface area contributed by atoms with Crippen molar-refractivity contribution in [3.8, 4) is 0 Å². The van der Waals surface area contributed by atoms with Crippen molar-refractivity contribution in [1.29, 1.82) is 0 Å². The first-order valence-electron chi connectivity index (χ1n) is 5.82. The Labute approximate surface area is 95.9 Å². The molecule has 3 nitrogen and oxygen atoms in total. The van der Waals surface area contributed by atoms with E-state index >= 15 is 0 Å². The highest BCUT2D eigenvalue weighted by atomic mass is 16.4. The van der Waals surface area contributed by atoms with Gasteiger partial charge in [0, 0.05) is 6.04 Å². The molecule has 86 valence electrons. The van der Waals surface area contributed by atoms with E-state index < -0.39 is 0 Å². The fourth-order valence-electron chi connectivity index (χ4n) is 1.83. The van der Waals surface area contributed by atoms with Crippen LogP contribution in [-0.4, -0.2) is 11.0 Å². The SMILES string of the molecule is CCC(Nc1nc2ccccc2o1)C(C)C. The molecule has 1 aromatic heterocycles. The van der Waals surface area contributed by atoms with Crippen LogP contribution in [-0.2, 0) is 0 Å². The number of anilines is 1. The van der Waals surface area contributed by atoms with Gasteiger partial charge >= 0.3 is 0 Å². The second kappa shape index (κ2) is 4.56. The number of rotatable bonds is 4. The molecular formula is C13H18N2O. The highest BCUT2D eigenvalue weighted by Crippen LogP contribution is 2.20. The predicted octanol–water partition coefficient (Wildman–Crippen LogP) is 3.67. The largest absolute Gasteiger partial charge is 0.424 e. The Morgan fingerprint density at radius 2 is 2.06 bits per heavy atom. The van der Waals surface area contributed by atoms with E-state index in [1.165, 1.54) is 0 Å². The summed E-state index contributed by atoms with van der Waals surface area (Å²) in [5, 5.41) is 3.34. The van der Waals surface area contributed by atoms with Gasteiger partial charge in [-0.25, -0.2) is 0 Å². The molecule has 0 aliphatic heterocycles. The Morgan fingerprint density at radius 3 is 2.69 bits per heavy atom. The molecule has 1 N–H and O–H groups in total. The van der Waals surface area contributed by atoms with Gasteiger partial charge in [0.15, 0.2) is 5.58 Å². The first-order valence-corrected chi connectivity index (χ1v) is 5.82. The molecule has 0 aliphatic carbocycles. The van der Waals surface area contributed by atoms with E-state index in [4.69, 9.17) is 4.42 Å². The number of benzene rings is 1. The Hall–Kier alpha value is -1.51. The van der Waals surface area contributed by atoms with E-state index in [0.717, 1.165) is 17.5 Å². The number of fused-ring (bicyclic) bond motifs is 1. The first-order chi connectivity index (χ1) is 7.70. The molecule has 0 fully saturated rings. The van der Waals surface area contributed by atoms with Crippen molar-refractivity contribution in [2.45, 2.75) is 33.2 Å². The number of hydrogen-bond donors (Lipinski definition) is 1. The number of nitrogens with zero attached hydrogens (tertiary/aromatic N) is 1. The number of oxazole rings is 1. The monoisotopic (exact) mass is 218 g/mol. The summed E-state index contributed by atoms with van der Waals surface area (Å²) >= 11 is 0. The maximum absolute atomic E-state index is 5.63. The molecule has 0 spiro atoms. The molecule has 3 heteroatoms. The van der Waals surface area contributed by atoms with Crippen molar-refractivity contribution >= 4 is 17.1 Å².